The molecule has 3 rings (SSSR count). The highest BCUT2D eigenvalue weighted by atomic mass is 16.5. The highest BCUT2D eigenvalue weighted by molar-refractivity contribution is 5.66. The van der Waals surface area contributed by atoms with Crippen LogP contribution in [0.15, 0.2) is 30.6 Å². The number of nitrogen functional groups attached to an aromatic ring is 1. The Morgan fingerprint density at radius 2 is 1.88 bits per heavy atom. The van der Waals surface area contributed by atoms with Gasteiger partial charge in [0, 0.05) is 19.6 Å². The van der Waals surface area contributed by atoms with Gasteiger partial charge in [0.25, 0.3) is 0 Å². The van der Waals surface area contributed by atoms with Crippen molar-refractivity contribution in [3.63, 3.8) is 0 Å². The van der Waals surface area contributed by atoms with Crippen molar-refractivity contribution in [3.05, 3.63) is 30.6 Å². The number of ether oxygens (including phenoxy) is 3. The van der Waals surface area contributed by atoms with Crippen LogP contribution in [0.3, 0.4) is 0 Å². The molecule has 0 unspecified atom stereocenters. The van der Waals surface area contributed by atoms with Gasteiger partial charge in [-0.25, -0.2) is 4.98 Å². The number of hydrogen-bond acceptors (Lipinski definition) is 8. The molecule has 8 nitrogen and oxygen atoms in total. The van der Waals surface area contributed by atoms with Crippen molar-refractivity contribution in [1.82, 2.24) is 14.9 Å². The molecule has 1 aliphatic heterocycles. The van der Waals surface area contributed by atoms with Gasteiger partial charge in [-0.15, -0.1) is 0 Å². The smallest absolute Gasteiger partial charge is 0.248 e. The third-order valence-corrected chi connectivity index (χ3v) is 4.17. The van der Waals surface area contributed by atoms with E-state index in [2.05, 4.69) is 20.2 Å². The zero-order chi connectivity index (χ0) is 18.2. The van der Waals surface area contributed by atoms with Crippen molar-refractivity contribution in [2.45, 2.75) is 6.42 Å². The van der Waals surface area contributed by atoms with Gasteiger partial charge in [-0.3, -0.25) is 4.90 Å². The summed E-state index contributed by atoms with van der Waals surface area (Å²) in [5.41, 5.74) is 6.55. The van der Waals surface area contributed by atoms with Gasteiger partial charge in [0.05, 0.1) is 20.3 Å². The Morgan fingerprint density at radius 3 is 2.62 bits per heavy atom. The van der Waals surface area contributed by atoms with Gasteiger partial charge in [0.2, 0.25) is 5.88 Å². The van der Waals surface area contributed by atoms with E-state index in [9.17, 15) is 0 Å². The van der Waals surface area contributed by atoms with Crippen molar-refractivity contribution in [3.8, 4) is 17.4 Å². The SMILES string of the molecule is COc1ccc(Oc2ncnc(NCCCN3CCOCC3)c2N)cc1. The number of aromatic nitrogens is 2. The van der Waals surface area contributed by atoms with E-state index in [1.807, 2.05) is 12.1 Å². The summed E-state index contributed by atoms with van der Waals surface area (Å²) >= 11 is 0. The van der Waals surface area contributed by atoms with Gasteiger partial charge < -0.3 is 25.3 Å². The van der Waals surface area contributed by atoms with Crippen molar-refractivity contribution < 1.29 is 14.2 Å². The van der Waals surface area contributed by atoms with Crippen molar-refractivity contribution >= 4 is 11.5 Å². The van der Waals surface area contributed by atoms with Crippen molar-refractivity contribution in [1.29, 1.82) is 0 Å². The summed E-state index contributed by atoms with van der Waals surface area (Å²) in [6.07, 6.45) is 2.44. The highest BCUT2D eigenvalue weighted by Crippen LogP contribution is 2.29. The number of anilines is 2. The van der Waals surface area contributed by atoms with Gasteiger partial charge in [0.15, 0.2) is 5.82 Å². The van der Waals surface area contributed by atoms with Crippen LogP contribution in [0.4, 0.5) is 11.5 Å². The van der Waals surface area contributed by atoms with Crippen molar-refractivity contribution in [2.75, 3.05) is 57.6 Å². The minimum absolute atomic E-state index is 0.334. The van der Waals surface area contributed by atoms with Gasteiger partial charge in [-0.05, 0) is 37.2 Å². The van der Waals surface area contributed by atoms with Crippen LogP contribution in [-0.4, -0.2) is 61.4 Å². The lowest BCUT2D eigenvalue weighted by Crippen LogP contribution is -2.37. The van der Waals surface area contributed by atoms with E-state index in [4.69, 9.17) is 19.9 Å². The molecule has 0 saturated carbocycles. The summed E-state index contributed by atoms with van der Waals surface area (Å²) in [6.45, 7) is 5.43. The fraction of sp³-hybridized carbons (Fsp3) is 0.444. The molecule has 1 fully saturated rings. The van der Waals surface area contributed by atoms with Crippen LogP contribution in [-0.2, 0) is 4.74 Å². The summed E-state index contributed by atoms with van der Waals surface area (Å²) in [7, 11) is 1.62. The number of nitrogens with one attached hydrogen (secondary N) is 1. The first-order valence-electron chi connectivity index (χ1n) is 8.72. The summed E-state index contributed by atoms with van der Waals surface area (Å²) in [5.74, 6) is 2.32. The highest BCUT2D eigenvalue weighted by Gasteiger charge is 2.12. The molecule has 3 N–H and O–H groups in total. The average Bonchev–Trinajstić information content (AvgIpc) is 2.69. The zero-order valence-corrected chi connectivity index (χ0v) is 15.0. The van der Waals surface area contributed by atoms with E-state index >= 15 is 0 Å². The second kappa shape index (κ2) is 9.21. The molecule has 8 heteroatoms. The lowest BCUT2D eigenvalue weighted by molar-refractivity contribution is 0.0378. The number of rotatable bonds is 8. The van der Waals surface area contributed by atoms with Crippen LogP contribution < -0.4 is 20.5 Å². The minimum atomic E-state index is 0.334. The second-order valence-corrected chi connectivity index (χ2v) is 5.95. The third-order valence-electron chi connectivity index (χ3n) is 4.17. The first kappa shape index (κ1) is 18.2. The molecule has 0 amide bonds. The molecule has 0 spiro atoms. The molecule has 2 heterocycles. The maximum atomic E-state index is 6.15. The Balaban J connectivity index is 1.52. The molecular formula is C18H25N5O3. The molecule has 1 saturated heterocycles. The van der Waals surface area contributed by atoms with E-state index in [1.165, 1.54) is 6.33 Å². The Kier molecular flexibility index (Phi) is 6.45. The molecule has 0 radical (unpaired) electrons. The number of benzene rings is 1. The summed E-state index contributed by atoms with van der Waals surface area (Å²) in [4.78, 5) is 10.7. The Labute approximate surface area is 153 Å². The molecular weight excluding hydrogens is 334 g/mol. The molecule has 0 bridgehead atoms. The van der Waals surface area contributed by atoms with Crippen LogP contribution in [0.25, 0.3) is 0 Å². The normalized spacial score (nSPS) is 14.8. The molecule has 0 atom stereocenters. The van der Waals surface area contributed by atoms with Crippen LogP contribution in [0.1, 0.15) is 6.42 Å². The van der Waals surface area contributed by atoms with E-state index < -0.39 is 0 Å². The van der Waals surface area contributed by atoms with E-state index in [1.54, 1.807) is 19.2 Å². The van der Waals surface area contributed by atoms with Gasteiger partial charge >= 0.3 is 0 Å². The maximum Gasteiger partial charge on any atom is 0.248 e. The molecule has 26 heavy (non-hydrogen) atoms. The fourth-order valence-electron chi connectivity index (χ4n) is 2.69. The lowest BCUT2D eigenvalue weighted by Gasteiger charge is -2.26. The van der Waals surface area contributed by atoms with Gasteiger partial charge in [-0.1, -0.05) is 0 Å². The Bertz CT molecular complexity index is 690. The molecule has 2 aromatic rings. The molecule has 1 aliphatic rings. The predicted molar refractivity (Wildman–Crippen MR) is 99.9 cm³/mol. The number of nitrogens with zero attached hydrogens (tertiary/aromatic N) is 3. The van der Waals surface area contributed by atoms with E-state index in [0.717, 1.165) is 51.6 Å². The second-order valence-electron chi connectivity index (χ2n) is 5.95. The minimum Gasteiger partial charge on any atom is -0.497 e. The molecule has 0 aliphatic carbocycles. The fourth-order valence-corrected chi connectivity index (χ4v) is 2.69. The topological polar surface area (TPSA) is 94.8 Å². The predicted octanol–water partition coefficient (Wildman–Crippen LogP) is 1.99. The number of hydrogen-bond donors (Lipinski definition) is 2. The van der Waals surface area contributed by atoms with E-state index in [0.29, 0.717) is 23.1 Å². The quantitative estimate of drug-likeness (QED) is 0.691. The summed E-state index contributed by atoms with van der Waals surface area (Å²) < 4.78 is 16.2. The largest absolute Gasteiger partial charge is 0.497 e. The Morgan fingerprint density at radius 1 is 1.15 bits per heavy atom. The summed E-state index contributed by atoms with van der Waals surface area (Å²) in [6, 6.07) is 7.24. The first-order chi connectivity index (χ1) is 12.8. The van der Waals surface area contributed by atoms with E-state index in [-0.39, 0.29) is 0 Å². The van der Waals surface area contributed by atoms with Crippen LogP contribution in [0, 0.1) is 0 Å². The van der Waals surface area contributed by atoms with Gasteiger partial charge in [0.1, 0.15) is 23.5 Å². The first-order valence-corrected chi connectivity index (χ1v) is 8.72. The van der Waals surface area contributed by atoms with Crippen LogP contribution in [0.5, 0.6) is 17.4 Å². The molecule has 140 valence electrons. The lowest BCUT2D eigenvalue weighted by atomic mass is 10.3. The maximum absolute atomic E-state index is 6.15. The Hall–Kier alpha value is -2.58. The van der Waals surface area contributed by atoms with Crippen molar-refractivity contribution in [2.24, 2.45) is 0 Å². The average molecular weight is 359 g/mol. The van der Waals surface area contributed by atoms with Gasteiger partial charge in [-0.2, -0.15) is 4.98 Å². The standard InChI is InChI=1S/C18H25N5O3/c1-24-14-3-5-15(6-4-14)26-18-16(19)17(21-13-22-18)20-7-2-8-23-9-11-25-12-10-23/h3-6,13H,2,7-12,19H2,1H3,(H,20,21,22). The number of morpholine rings is 1. The molecule has 1 aromatic carbocycles. The van der Waals surface area contributed by atoms with Crippen LogP contribution >= 0.6 is 0 Å². The number of nitrogens with two attached hydrogens (primary N) is 1. The number of methoxy groups -OCH3 is 1. The molecule has 1 aromatic heterocycles. The zero-order valence-electron chi connectivity index (χ0n) is 15.0. The van der Waals surface area contributed by atoms with Crippen LogP contribution in [0.2, 0.25) is 0 Å². The summed E-state index contributed by atoms with van der Waals surface area (Å²) in [5, 5.41) is 3.26. The monoisotopic (exact) mass is 359 g/mol. The third kappa shape index (κ3) is 4.96.